The summed E-state index contributed by atoms with van der Waals surface area (Å²) in [4.78, 5) is 0. The van der Waals surface area contributed by atoms with E-state index in [-0.39, 0.29) is 16.5 Å². The average Bonchev–Trinajstić information content (AvgIpc) is 2.43. The first-order valence-electron chi connectivity index (χ1n) is 5.90. The first kappa shape index (κ1) is 17.7. The Bertz CT molecular complexity index is 808. The Hall–Kier alpha value is -1.64. The van der Waals surface area contributed by atoms with Gasteiger partial charge < -0.3 is 4.74 Å². The topological polar surface area (TPSA) is 55.4 Å². The lowest BCUT2D eigenvalue weighted by Gasteiger charge is -2.15. The molecule has 0 aromatic heterocycles. The quantitative estimate of drug-likeness (QED) is 0.801. The molecule has 0 saturated carbocycles. The molecule has 0 amide bonds. The highest BCUT2D eigenvalue weighted by Gasteiger charge is 2.46. The number of hydrogen-bond acceptors (Lipinski definition) is 3. The average molecular weight is 386 g/mol. The van der Waals surface area contributed by atoms with E-state index in [1.807, 2.05) is 0 Å². The number of alkyl halides is 3. The number of sulfonamides is 1. The number of anilines is 1. The van der Waals surface area contributed by atoms with E-state index in [0.717, 1.165) is 6.07 Å². The minimum Gasteiger partial charge on any atom is -0.455 e. The first-order chi connectivity index (χ1) is 10.6. The van der Waals surface area contributed by atoms with Gasteiger partial charge >= 0.3 is 15.5 Å². The van der Waals surface area contributed by atoms with Crippen LogP contribution in [0.15, 0.2) is 42.5 Å². The lowest BCUT2D eigenvalue weighted by molar-refractivity contribution is -0.0429. The number of hydrogen-bond donors (Lipinski definition) is 1. The summed E-state index contributed by atoms with van der Waals surface area (Å²) in [6, 6.07) is 9.41. The van der Waals surface area contributed by atoms with Gasteiger partial charge in [-0.25, -0.2) is 0 Å². The number of nitrogens with one attached hydrogen (secondary N) is 1. The van der Waals surface area contributed by atoms with Gasteiger partial charge in [0.25, 0.3) is 0 Å². The van der Waals surface area contributed by atoms with Crippen LogP contribution in [0.3, 0.4) is 0 Å². The van der Waals surface area contributed by atoms with E-state index in [1.54, 1.807) is 0 Å². The van der Waals surface area contributed by atoms with E-state index >= 15 is 0 Å². The molecule has 0 aliphatic heterocycles. The van der Waals surface area contributed by atoms with Crippen molar-refractivity contribution >= 4 is 38.9 Å². The van der Waals surface area contributed by atoms with Crippen molar-refractivity contribution in [3.8, 4) is 11.5 Å². The Morgan fingerprint density at radius 1 is 0.957 bits per heavy atom. The monoisotopic (exact) mass is 385 g/mol. The zero-order valence-electron chi connectivity index (χ0n) is 11.1. The SMILES string of the molecule is O=S(=O)(Nc1ccc(Cl)cc1Oc1ccc(Cl)cc1)C(F)(F)F. The highest BCUT2D eigenvalue weighted by Crippen LogP contribution is 2.35. The van der Waals surface area contributed by atoms with Gasteiger partial charge in [-0.05, 0) is 36.4 Å². The van der Waals surface area contributed by atoms with Gasteiger partial charge in [0.1, 0.15) is 5.75 Å². The molecule has 0 aliphatic carbocycles. The molecule has 124 valence electrons. The van der Waals surface area contributed by atoms with Crippen molar-refractivity contribution in [1.29, 1.82) is 0 Å². The van der Waals surface area contributed by atoms with Crippen LogP contribution in [0.5, 0.6) is 11.5 Å². The predicted molar refractivity (Wildman–Crippen MR) is 81.6 cm³/mol. The lowest BCUT2D eigenvalue weighted by atomic mass is 10.3. The van der Waals surface area contributed by atoms with Gasteiger partial charge in [0.05, 0.1) is 5.69 Å². The van der Waals surface area contributed by atoms with Gasteiger partial charge in [-0.1, -0.05) is 23.2 Å². The molecule has 0 radical (unpaired) electrons. The van der Waals surface area contributed by atoms with Crippen LogP contribution in [0, 0.1) is 0 Å². The van der Waals surface area contributed by atoms with E-state index < -0.39 is 21.2 Å². The molecule has 0 aliphatic rings. The van der Waals surface area contributed by atoms with Crippen molar-refractivity contribution in [1.82, 2.24) is 0 Å². The van der Waals surface area contributed by atoms with Crippen molar-refractivity contribution in [2.75, 3.05) is 4.72 Å². The molecule has 23 heavy (non-hydrogen) atoms. The number of ether oxygens (including phenoxy) is 1. The van der Waals surface area contributed by atoms with Gasteiger partial charge in [0.15, 0.2) is 5.75 Å². The highest BCUT2D eigenvalue weighted by molar-refractivity contribution is 7.93. The molecular formula is C13H8Cl2F3NO3S. The van der Waals surface area contributed by atoms with E-state index in [9.17, 15) is 21.6 Å². The van der Waals surface area contributed by atoms with Crippen LogP contribution in [0.25, 0.3) is 0 Å². The van der Waals surface area contributed by atoms with Crippen molar-refractivity contribution in [3.05, 3.63) is 52.5 Å². The summed E-state index contributed by atoms with van der Waals surface area (Å²) in [7, 11) is -5.58. The molecular weight excluding hydrogens is 378 g/mol. The molecule has 2 aromatic carbocycles. The minimum atomic E-state index is -5.58. The largest absolute Gasteiger partial charge is 0.516 e. The normalized spacial score (nSPS) is 12.0. The van der Waals surface area contributed by atoms with E-state index in [1.165, 1.54) is 41.1 Å². The van der Waals surface area contributed by atoms with Gasteiger partial charge in [0.2, 0.25) is 0 Å². The Balaban J connectivity index is 2.36. The summed E-state index contributed by atoms with van der Waals surface area (Å²) < 4.78 is 66.6. The fraction of sp³-hybridized carbons (Fsp3) is 0.0769. The molecule has 0 saturated heterocycles. The summed E-state index contributed by atoms with van der Waals surface area (Å²) in [5.74, 6) is 0.0526. The van der Waals surface area contributed by atoms with Gasteiger partial charge in [-0.3, -0.25) is 4.72 Å². The summed E-state index contributed by atoms with van der Waals surface area (Å²) >= 11 is 11.5. The first-order valence-corrected chi connectivity index (χ1v) is 8.14. The molecule has 0 bridgehead atoms. The standard InChI is InChI=1S/C13H8Cl2F3NO3S/c14-8-1-4-10(5-2-8)22-12-7-9(15)3-6-11(12)19-23(20,21)13(16,17)18/h1-7,19H. The zero-order chi connectivity index (χ0) is 17.3. The fourth-order valence-corrected chi connectivity index (χ4v) is 2.36. The maximum Gasteiger partial charge on any atom is 0.516 e. The molecule has 0 heterocycles. The Labute approximate surface area is 139 Å². The third kappa shape index (κ3) is 4.43. The van der Waals surface area contributed by atoms with Crippen LogP contribution in [-0.4, -0.2) is 13.9 Å². The third-order valence-electron chi connectivity index (χ3n) is 2.53. The maximum absolute atomic E-state index is 12.5. The Kier molecular flexibility index (Phi) is 4.98. The van der Waals surface area contributed by atoms with Crippen LogP contribution < -0.4 is 9.46 Å². The van der Waals surface area contributed by atoms with E-state index in [2.05, 4.69) is 0 Å². The van der Waals surface area contributed by atoms with Crippen LogP contribution in [0.2, 0.25) is 10.0 Å². The maximum atomic E-state index is 12.5. The fourth-order valence-electron chi connectivity index (χ4n) is 1.50. The molecule has 10 heteroatoms. The van der Waals surface area contributed by atoms with Crippen molar-refractivity contribution in [2.24, 2.45) is 0 Å². The number of benzene rings is 2. The van der Waals surface area contributed by atoms with Crippen LogP contribution in [0.1, 0.15) is 0 Å². The molecule has 0 fully saturated rings. The van der Waals surface area contributed by atoms with E-state index in [0.29, 0.717) is 5.02 Å². The van der Waals surface area contributed by atoms with E-state index in [4.69, 9.17) is 27.9 Å². The zero-order valence-corrected chi connectivity index (χ0v) is 13.4. The summed E-state index contributed by atoms with van der Waals surface area (Å²) in [6.07, 6.45) is 0. The van der Waals surface area contributed by atoms with Crippen LogP contribution >= 0.6 is 23.2 Å². The molecule has 2 rings (SSSR count). The summed E-state index contributed by atoms with van der Waals surface area (Å²) in [6.45, 7) is 0. The second-order valence-electron chi connectivity index (χ2n) is 4.25. The molecule has 1 N–H and O–H groups in total. The Morgan fingerprint density at radius 3 is 2.09 bits per heavy atom. The number of rotatable bonds is 4. The molecule has 0 atom stereocenters. The molecule has 2 aromatic rings. The molecule has 0 unspecified atom stereocenters. The highest BCUT2D eigenvalue weighted by atomic mass is 35.5. The number of halogens is 5. The van der Waals surface area contributed by atoms with Gasteiger partial charge in [0, 0.05) is 16.1 Å². The van der Waals surface area contributed by atoms with Crippen molar-refractivity contribution in [2.45, 2.75) is 5.51 Å². The van der Waals surface area contributed by atoms with Crippen LogP contribution in [-0.2, 0) is 10.0 Å². The van der Waals surface area contributed by atoms with Crippen molar-refractivity contribution < 1.29 is 26.3 Å². The van der Waals surface area contributed by atoms with Crippen molar-refractivity contribution in [3.63, 3.8) is 0 Å². The molecule has 0 spiro atoms. The summed E-state index contributed by atoms with van der Waals surface area (Å²) in [5, 5.41) is 0.588. The second kappa shape index (κ2) is 6.46. The second-order valence-corrected chi connectivity index (χ2v) is 6.79. The van der Waals surface area contributed by atoms with Crippen LogP contribution in [0.4, 0.5) is 18.9 Å². The molecule has 4 nitrogen and oxygen atoms in total. The smallest absolute Gasteiger partial charge is 0.455 e. The van der Waals surface area contributed by atoms with Gasteiger partial charge in [-0.2, -0.15) is 21.6 Å². The lowest BCUT2D eigenvalue weighted by Crippen LogP contribution is -2.30. The summed E-state index contributed by atoms with van der Waals surface area (Å²) in [5.41, 5.74) is -5.86. The third-order valence-corrected chi connectivity index (χ3v) is 4.12. The minimum absolute atomic E-state index is 0.156. The Morgan fingerprint density at radius 2 is 1.52 bits per heavy atom. The predicted octanol–water partition coefficient (Wildman–Crippen LogP) is 5.05. The van der Waals surface area contributed by atoms with Gasteiger partial charge in [-0.15, -0.1) is 0 Å².